The summed E-state index contributed by atoms with van der Waals surface area (Å²) in [5.74, 6) is -0.0859. The van der Waals surface area contributed by atoms with Crippen molar-refractivity contribution in [1.29, 1.82) is 0 Å². The molecule has 9 heteroatoms. The smallest absolute Gasteiger partial charge is 0.250 e. The third kappa shape index (κ3) is 5.42. The van der Waals surface area contributed by atoms with Gasteiger partial charge >= 0.3 is 0 Å². The van der Waals surface area contributed by atoms with Crippen molar-refractivity contribution < 1.29 is 13.2 Å². The number of carbonyl (C=O) groups excluding carboxylic acids is 1. The predicted molar refractivity (Wildman–Crippen MR) is 94.5 cm³/mol. The molecule has 1 amide bonds. The number of thiophene rings is 1. The monoisotopic (exact) mass is 381 g/mol. The van der Waals surface area contributed by atoms with E-state index in [9.17, 15) is 13.2 Å². The number of nitrogens with one attached hydrogen (secondary N) is 2. The average molecular weight is 382 g/mol. The second-order valence-electron chi connectivity index (χ2n) is 5.75. The fraction of sp³-hybridized carbons (Fsp3) is 0.643. The summed E-state index contributed by atoms with van der Waals surface area (Å²) in [5, 5.41) is 2.70. The molecule has 0 bridgehead atoms. The summed E-state index contributed by atoms with van der Waals surface area (Å²) in [7, 11) is -3.53. The van der Waals surface area contributed by atoms with E-state index in [4.69, 9.17) is 5.73 Å². The van der Waals surface area contributed by atoms with Gasteiger partial charge in [0.1, 0.15) is 4.21 Å². The lowest BCUT2D eigenvalue weighted by molar-refractivity contribution is -0.118. The number of rotatable bonds is 7. The van der Waals surface area contributed by atoms with Gasteiger partial charge < -0.3 is 11.1 Å². The molecule has 1 aliphatic carbocycles. The molecule has 1 saturated carbocycles. The van der Waals surface area contributed by atoms with Crippen LogP contribution in [0.2, 0.25) is 0 Å². The second-order valence-corrected chi connectivity index (χ2v) is 8.83. The van der Waals surface area contributed by atoms with Crippen LogP contribution in [0.25, 0.3) is 0 Å². The maximum absolute atomic E-state index is 12.5. The van der Waals surface area contributed by atoms with E-state index < -0.39 is 15.6 Å². The van der Waals surface area contributed by atoms with Gasteiger partial charge in [0.05, 0.1) is 0 Å². The van der Waals surface area contributed by atoms with E-state index in [1.165, 1.54) is 18.3 Å². The number of halogens is 1. The molecule has 0 radical (unpaired) electrons. The lowest BCUT2D eigenvalue weighted by Crippen LogP contribution is -2.51. The van der Waals surface area contributed by atoms with Crippen LogP contribution < -0.4 is 15.8 Å². The molecular formula is C14H24ClN3O3S2. The molecule has 132 valence electrons. The average Bonchev–Trinajstić information content (AvgIpc) is 3.08. The van der Waals surface area contributed by atoms with Crippen LogP contribution in [0, 0.1) is 0 Å². The summed E-state index contributed by atoms with van der Waals surface area (Å²) in [6.45, 7) is 2.30. The van der Waals surface area contributed by atoms with E-state index in [1.54, 1.807) is 12.1 Å². The first kappa shape index (κ1) is 20.4. The SMILES string of the molecule is CC(=O)NCCc1ccc(S(=O)(=O)NC2(CN)CCCC2)s1.Cl. The number of amides is 1. The Hall–Kier alpha value is -0.670. The molecule has 0 aliphatic heterocycles. The Morgan fingerprint density at radius 1 is 1.35 bits per heavy atom. The summed E-state index contributed by atoms with van der Waals surface area (Å²) in [5.41, 5.74) is 5.30. The predicted octanol–water partition coefficient (Wildman–Crippen LogP) is 1.40. The standard InChI is InChI=1S/C14H23N3O3S2.ClH/c1-11(18)16-9-6-12-4-5-13(21-12)22(19,20)17-14(10-15)7-2-3-8-14;/h4-5,17H,2-3,6-10,15H2,1H3,(H,16,18);1H. The van der Waals surface area contributed by atoms with Crippen molar-refractivity contribution in [2.75, 3.05) is 13.1 Å². The summed E-state index contributed by atoms with van der Waals surface area (Å²) in [4.78, 5) is 11.8. The normalized spacial score (nSPS) is 16.8. The zero-order chi connectivity index (χ0) is 16.2. The Kier molecular flexibility index (Phi) is 7.47. The lowest BCUT2D eigenvalue weighted by Gasteiger charge is -2.27. The molecular weight excluding hydrogens is 358 g/mol. The Bertz CT molecular complexity index is 625. The maximum atomic E-state index is 12.5. The van der Waals surface area contributed by atoms with Crippen LogP contribution in [0.1, 0.15) is 37.5 Å². The van der Waals surface area contributed by atoms with Gasteiger partial charge in [-0.3, -0.25) is 4.79 Å². The van der Waals surface area contributed by atoms with Crippen molar-refractivity contribution in [3.05, 3.63) is 17.0 Å². The van der Waals surface area contributed by atoms with Crippen LogP contribution in [0.4, 0.5) is 0 Å². The first-order valence-electron chi connectivity index (χ1n) is 7.44. The Morgan fingerprint density at radius 3 is 2.57 bits per heavy atom. The zero-order valence-corrected chi connectivity index (χ0v) is 15.6. The fourth-order valence-electron chi connectivity index (χ4n) is 2.73. The fourth-order valence-corrected chi connectivity index (χ4v) is 5.56. The Morgan fingerprint density at radius 2 is 2.00 bits per heavy atom. The van der Waals surface area contributed by atoms with Crippen LogP contribution in [0.5, 0.6) is 0 Å². The highest BCUT2D eigenvalue weighted by Crippen LogP contribution is 2.31. The number of nitrogens with two attached hydrogens (primary N) is 1. The van der Waals surface area contributed by atoms with Gasteiger partial charge in [0, 0.05) is 30.4 Å². The zero-order valence-electron chi connectivity index (χ0n) is 13.1. The molecule has 0 unspecified atom stereocenters. The van der Waals surface area contributed by atoms with Crippen molar-refractivity contribution in [3.8, 4) is 0 Å². The highest BCUT2D eigenvalue weighted by molar-refractivity contribution is 7.91. The third-order valence-electron chi connectivity index (χ3n) is 3.95. The first-order valence-corrected chi connectivity index (χ1v) is 9.74. The molecule has 0 saturated heterocycles. The molecule has 1 aromatic heterocycles. The minimum atomic E-state index is -3.53. The minimum absolute atomic E-state index is 0. The number of hydrogen-bond donors (Lipinski definition) is 3. The summed E-state index contributed by atoms with van der Waals surface area (Å²) < 4.78 is 28.2. The molecule has 0 aromatic carbocycles. The molecule has 4 N–H and O–H groups in total. The Labute approximate surface area is 147 Å². The highest BCUT2D eigenvalue weighted by atomic mass is 35.5. The summed E-state index contributed by atoms with van der Waals surface area (Å²) >= 11 is 1.24. The quantitative estimate of drug-likeness (QED) is 0.664. The van der Waals surface area contributed by atoms with Gasteiger partial charge in [0.2, 0.25) is 5.91 Å². The molecule has 23 heavy (non-hydrogen) atoms. The molecule has 6 nitrogen and oxygen atoms in total. The van der Waals surface area contributed by atoms with E-state index in [-0.39, 0.29) is 18.3 Å². The molecule has 0 atom stereocenters. The van der Waals surface area contributed by atoms with Crippen molar-refractivity contribution in [3.63, 3.8) is 0 Å². The van der Waals surface area contributed by atoms with Gasteiger partial charge in [-0.25, -0.2) is 13.1 Å². The van der Waals surface area contributed by atoms with Crippen molar-refractivity contribution in [2.45, 2.75) is 48.8 Å². The van der Waals surface area contributed by atoms with Crippen LogP contribution in [-0.4, -0.2) is 33.0 Å². The van der Waals surface area contributed by atoms with E-state index in [0.717, 1.165) is 30.6 Å². The van der Waals surface area contributed by atoms with E-state index in [0.29, 0.717) is 23.7 Å². The molecule has 0 spiro atoms. The lowest BCUT2D eigenvalue weighted by atomic mass is 10.0. The molecule has 1 aliphatic rings. The third-order valence-corrected chi connectivity index (χ3v) is 7.16. The van der Waals surface area contributed by atoms with Crippen molar-refractivity contribution >= 4 is 39.7 Å². The van der Waals surface area contributed by atoms with Crippen molar-refractivity contribution in [1.82, 2.24) is 10.0 Å². The number of hydrogen-bond acceptors (Lipinski definition) is 5. The highest BCUT2D eigenvalue weighted by Gasteiger charge is 2.37. The second kappa shape index (κ2) is 8.43. The van der Waals surface area contributed by atoms with Gasteiger partial charge in [-0.1, -0.05) is 12.8 Å². The molecule has 2 rings (SSSR count). The van der Waals surface area contributed by atoms with Crippen LogP contribution in [0.3, 0.4) is 0 Å². The Balaban J connectivity index is 0.00000264. The summed E-state index contributed by atoms with van der Waals surface area (Å²) in [6, 6.07) is 3.42. The van der Waals surface area contributed by atoms with Gasteiger partial charge in [-0.15, -0.1) is 23.7 Å². The van der Waals surface area contributed by atoms with E-state index >= 15 is 0 Å². The van der Waals surface area contributed by atoms with Gasteiger partial charge in [0.25, 0.3) is 10.0 Å². The van der Waals surface area contributed by atoms with Crippen LogP contribution in [-0.2, 0) is 21.2 Å². The van der Waals surface area contributed by atoms with E-state index in [2.05, 4.69) is 10.0 Å². The first-order chi connectivity index (χ1) is 10.4. The molecule has 1 heterocycles. The van der Waals surface area contributed by atoms with Gasteiger partial charge in [0.15, 0.2) is 0 Å². The number of sulfonamides is 1. The van der Waals surface area contributed by atoms with E-state index in [1.807, 2.05) is 0 Å². The largest absolute Gasteiger partial charge is 0.356 e. The minimum Gasteiger partial charge on any atom is -0.356 e. The topological polar surface area (TPSA) is 101 Å². The molecule has 1 fully saturated rings. The van der Waals surface area contributed by atoms with Crippen molar-refractivity contribution in [2.24, 2.45) is 5.73 Å². The maximum Gasteiger partial charge on any atom is 0.250 e. The van der Waals surface area contributed by atoms with Crippen LogP contribution >= 0.6 is 23.7 Å². The molecule has 1 aromatic rings. The van der Waals surface area contributed by atoms with Gasteiger partial charge in [-0.2, -0.15) is 0 Å². The summed E-state index contributed by atoms with van der Waals surface area (Å²) in [6.07, 6.45) is 4.23. The van der Waals surface area contributed by atoms with Crippen LogP contribution in [0.15, 0.2) is 16.3 Å². The van der Waals surface area contributed by atoms with Gasteiger partial charge in [-0.05, 0) is 31.4 Å². The number of carbonyl (C=O) groups is 1.